The third kappa shape index (κ3) is 7.25. The lowest BCUT2D eigenvalue weighted by molar-refractivity contribution is -0.137. The van der Waals surface area contributed by atoms with Crippen molar-refractivity contribution in [3.05, 3.63) is 35.9 Å². The Kier molecular flexibility index (Phi) is 8.26. The Morgan fingerprint density at radius 2 is 1.77 bits per heavy atom. The maximum Gasteiger partial charge on any atom is 0.303 e. The first-order valence-corrected chi connectivity index (χ1v) is 8.04. The van der Waals surface area contributed by atoms with Gasteiger partial charge in [-0.1, -0.05) is 50.6 Å². The van der Waals surface area contributed by atoms with Crippen LogP contribution in [0.15, 0.2) is 30.3 Å². The lowest BCUT2D eigenvalue weighted by atomic mass is 9.88. The average molecular weight is 305 g/mol. The monoisotopic (exact) mass is 305 g/mol. The van der Waals surface area contributed by atoms with E-state index >= 15 is 0 Å². The summed E-state index contributed by atoms with van der Waals surface area (Å²) in [5, 5.41) is 11.5. The number of carbonyl (C=O) groups excluding carboxylic acids is 1. The molecule has 0 heterocycles. The van der Waals surface area contributed by atoms with E-state index in [0.717, 1.165) is 19.3 Å². The molecule has 1 unspecified atom stereocenters. The Bertz CT molecular complexity index is 457. The summed E-state index contributed by atoms with van der Waals surface area (Å²) in [6, 6.07) is 10.1. The van der Waals surface area contributed by atoms with E-state index in [1.54, 1.807) is 0 Å². The predicted octanol–water partition coefficient (Wildman–Crippen LogP) is 3.26. The second kappa shape index (κ2) is 9.98. The molecule has 1 atom stereocenters. The van der Waals surface area contributed by atoms with Crippen molar-refractivity contribution in [1.82, 2.24) is 5.32 Å². The van der Waals surface area contributed by atoms with E-state index in [2.05, 4.69) is 31.3 Å². The molecule has 0 radical (unpaired) electrons. The van der Waals surface area contributed by atoms with E-state index in [-0.39, 0.29) is 24.2 Å². The van der Waals surface area contributed by atoms with Crippen LogP contribution < -0.4 is 5.32 Å². The second-order valence-electron chi connectivity index (χ2n) is 6.04. The average Bonchev–Trinajstić information content (AvgIpc) is 2.48. The summed E-state index contributed by atoms with van der Waals surface area (Å²) >= 11 is 0. The first kappa shape index (κ1) is 18.2. The first-order valence-electron chi connectivity index (χ1n) is 8.04. The Labute approximate surface area is 132 Å². The molecule has 2 N–H and O–H groups in total. The van der Waals surface area contributed by atoms with Gasteiger partial charge in [-0.2, -0.15) is 0 Å². The van der Waals surface area contributed by atoms with Crippen molar-refractivity contribution >= 4 is 11.9 Å². The van der Waals surface area contributed by atoms with Crippen molar-refractivity contribution in [2.45, 2.75) is 46.0 Å². The van der Waals surface area contributed by atoms with Crippen LogP contribution in [0, 0.1) is 11.8 Å². The maximum absolute atomic E-state index is 12.3. The third-order valence-corrected chi connectivity index (χ3v) is 3.81. The van der Waals surface area contributed by atoms with Crippen molar-refractivity contribution in [3.63, 3.8) is 0 Å². The number of amides is 1. The van der Waals surface area contributed by atoms with E-state index in [1.807, 2.05) is 18.2 Å². The minimum absolute atomic E-state index is 0.0265. The normalized spacial score (nSPS) is 12.1. The van der Waals surface area contributed by atoms with Crippen LogP contribution in [-0.2, 0) is 16.0 Å². The number of carboxylic acids is 1. The fourth-order valence-electron chi connectivity index (χ4n) is 2.42. The molecule has 1 aromatic carbocycles. The van der Waals surface area contributed by atoms with E-state index in [9.17, 15) is 9.59 Å². The SMILES string of the molecule is CC(C)C(Cc1ccccc1)C(=O)NCCCCCC(=O)O. The molecule has 0 spiro atoms. The summed E-state index contributed by atoms with van der Waals surface area (Å²) < 4.78 is 0. The lowest BCUT2D eigenvalue weighted by Gasteiger charge is -2.20. The molecule has 1 amide bonds. The van der Waals surface area contributed by atoms with Crippen LogP contribution in [0.5, 0.6) is 0 Å². The molecule has 0 fully saturated rings. The van der Waals surface area contributed by atoms with Gasteiger partial charge in [-0.25, -0.2) is 0 Å². The van der Waals surface area contributed by atoms with Crippen molar-refractivity contribution in [1.29, 1.82) is 0 Å². The Balaban J connectivity index is 2.34. The van der Waals surface area contributed by atoms with Gasteiger partial charge in [0.25, 0.3) is 0 Å². The summed E-state index contributed by atoms with van der Waals surface area (Å²) in [4.78, 5) is 22.7. The highest BCUT2D eigenvalue weighted by atomic mass is 16.4. The molecule has 4 heteroatoms. The van der Waals surface area contributed by atoms with Gasteiger partial charge >= 0.3 is 5.97 Å². The fourth-order valence-corrected chi connectivity index (χ4v) is 2.42. The Morgan fingerprint density at radius 3 is 2.36 bits per heavy atom. The van der Waals surface area contributed by atoms with Crippen LogP contribution in [0.3, 0.4) is 0 Å². The zero-order valence-electron chi connectivity index (χ0n) is 13.5. The van der Waals surface area contributed by atoms with Crippen LogP contribution >= 0.6 is 0 Å². The number of rotatable bonds is 10. The molecule has 22 heavy (non-hydrogen) atoms. The van der Waals surface area contributed by atoms with Gasteiger partial charge in [0.15, 0.2) is 0 Å². The van der Waals surface area contributed by atoms with Gasteiger partial charge in [-0.15, -0.1) is 0 Å². The molecule has 0 aliphatic carbocycles. The number of carbonyl (C=O) groups is 2. The third-order valence-electron chi connectivity index (χ3n) is 3.81. The van der Waals surface area contributed by atoms with Crippen LogP contribution in [0.2, 0.25) is 0 Å². The van der Waals surface area contributed by atoms with Crippen LogP contribution in [0.25, 0.3) is 0 Å². The molecular weight excluding hydrogens is 278 g/mol. The quantitative estimate of drug-likeness (QED) is 0.652. The fraction of sp³-hybridized carbons (Fsp3) is 0.556. The van der Waals surface area contributed by atoms with Crippen LogP contribution in [0.4, 0.5) is 0 Å². The van der Waals surface area contributed by atoms with Gasteiger partial charge in [-0.3, -0.25) is 9.59 Å². The largest absolute Gasteiger partial charge is 0.481 e. The number of aliphatic carboxylic acids is 1. The molecule has 1 rings (SSSR count). The van der Waals surface area contributed by atoms with Crippen LogP contribution in [0.1, 0.15) is 45.1 Å². The van der Waals surface area contributed by atoms with Crippen molar-refractivity contribution in [2.75, 3.05) is 6.54 Å². The summed E-state index contributed by atoms with van der Waals surface area (Å²) in [7, 11) is 0. The Hall–Kier alpha value is -1.84. The summed E-state index contributed by atoms with van der Waals surface area (Å²) in [5.74, 6) is -0.405. The van der Waals surface area contributed by atoms with Gasteiger partial charge in [0.1, 0.15) is 0 Å². The minimum Gasteiger partial charge on any atom is -0.481 e. The highest BCUT2D eigenvalue weighted by Gasteiger charge is 2.21. The minimum atomic E-state index is -0.758. The summed E-state index contributed by atoms with van der Waals surface area (Å²) in [6.07, 6.45) is 3.29. The van der Waals surface area contributed by atoms with Crippen molar-refractivity contribution in [3.8, 4) is 0 Å². The number of unbranched alkanes of at least 4 members (excludes halogenated alkanes) is 2. The van der Waals surface area contributed by atoms with Gasteiger partial charge in [-0.05, 0) is 30.7 Å². The van der Waals surface area contributed by atoms with Crippen LogP contribution in [-0.4, -0.2) is 23.5 Å². The zero-order valence-corrected chi connectivity index (χ0v) is 13.5. The lowest BCUT2D eigenvalue weighted by Crippen LogP contribution is -2.35. The molecular formula is C18H27NO3. The molecule has 122 valence electrons. The van der Waals surface area contributed by atoms with Gasteiger partial charge < -0.3 is 10.4 Å². The highest BCUT2D eigenvalue weighted by molar-refractivity contribution is 5.79. The number of hydrogen-bond donors (Lipinski definition) is 2. The van der Waals surface area contributed by atoms with Gasteiger partial charge in [0.05, 0.1) is 0 Å². The topological polar surface area (TPSA) is 66.4 Å². The molecule has 0 aliphatic rings. The standard InChI is InChI=1S/C18H27NO3/c1-14(2)16(13-15-9-5-3-6-10-15)18(22)19-12-8-4-7-11-17(20)21/h3,5-6,9-10,14,16H,4,7-8,11-13H2,1-2H3,(H,19,22)(H,20,21). The van der Waals surface area contributed by atoms with E-state index in [1.165, 1.54) is 5.56 Å². The zero-order chi connectivity index (χ0) is 16.4. The number of hydrogen-bond acceptors (Lipinski definition) is 2. The molecule has 0 aromatic heterocycles. The van der Waals surface area contributed by atoms with E-state index in [0.29, 0.717) is 13.0 Å². The van der Waals surface area contributed by atoms with Gasteiger partial charge in [0.2, 0.25) is 5.91 Å². The second-order valence-corrected chi connectivity index (χ2v) is 6.04. The summed E-state index contributed by atoms with van der Waals surface area (Å²) in [6.45, 7) is 4.76. The van der Waals surface area contributed by atoms with E-state index in [4.69, 9.17) is 5.11 Å². The first-order chi connectivity index (χ1) is 10.5. The number of nitrogens with one attached hydrogen (secondary N) is 1. The number of benzene rings is 1. The van der Waals surface area contributed by atoms with Crippen molar-refractivity contribution in [2.24, 2.45) is 11.8 Å². The smallest absolute Gasteiger partial charge is 0.303 e. The predicted molar refractivity (Wildman–Crippen MR) is 87.6 cm³/mol. The molecule has 0 saturated carbocycles. The van der Waals surface area contributed by atoms with Gasteiger partial charge in [0, 0.05) is 18.9 Å². The molecule has 1 aromatic rings. The Morgan fingerprint density at radius 1 is 1.09 bits per heavy atom. The number of carboxylic acid groups (broad SMARTS) is 1. The van der Waals surface area contributed by atoms with Crippen molar-refractivity contribution < 1.29 is 14.7 Å². The molecule has 0 saturated heterocycles. The molecule has 0 bridgehead atoms. The maximum atomic E-state index is 12.3. The molecule has 0 aliphatic heterocycles. The van der Waals surface area contributed by atoms with E-state index < -0.39 is 5.97 Å². The molecule has 4 nitrogen and oxygen atoms in total. The summed E-state index contributed by atoms with van der Waals surface area (Å²) in [5.41, 5.74) is 1.18. The highest BCUT2D eigenvalue weighted by Crippen LogP contribution is 2.17.